The van der Waals surface area contributed by atoms with E-state index in [0.29, 0.717) is 50.1 Å². The molecule has 2 fully saturated rings. The summed E-state index contributed by atoms with van der Waals surface area (Å²) in [5.74, 6) is -0.742. The molecule has 0 bridgehead atoms. The molecular formula is C30H28N4O3. The molecule has 0 unspecified atom stereocenters. The van der Waals surface area contributed by atoms with E-state index in [1.54, 1.807) is 6.20 Å². The Labute approximate surface area is 215 Å². The first-order chi connectivity index (χ1) is 18.0. The number of hydrogen-bond donors (Lipinski definition) is 1. The molecule has 0 atom stereocenters. The zero-order valence-corrected chi connectivity index (χ0v) is 20.7. The molecule has 1 amide bonds. The van der Waals surface area contributed by atoms with E-state index in [4.69, 9.17) is 9.47 Å². The van der Waals surface area contributed by atoms with Gasteiger partial charge in [-0.15, -0.1) is 0 Å². The van der Waals surface area contributed by atoms with Gasteiger partial charge in [0.2, 0.25) is 0 Å². The summed E-state index contributed by atoms with van der Waals surface area (Å²) in [7, 11) is 0. The third kappa shape index (κ3) is 4.18. The van der Waals surface area contributed by atoms with Crippen molar-refractivity contribution >= 4 is 22.5 Å². The van der Waals surface area contributed by atoms with Gasteiger partial charge in [-0.25, -0.2) is 0 Å². The molecule has 1 N–H and O–H groups in total. The van der Waals surface area contributed by atoms with Gasteiger partial charge in [-0.3, -0.25) is 9.78 Å². The second-order valence-corrected chi connectivity index (χ2v) is 9.95. The van der Waals surface area contributed by atoms with Gasteiger partial charge in [-0.05, 0) is 50.1 Å². The number of para-hydroxylation sites is 1. The zero-order chi connectivity index (χ0) is 25.5. The van der Waals surface area contributed by atoms with Crippen LogP contribution in [-0.4, -0.2) is 34.5 Å². The minimum Gasteiger partial charge on any atom is -0.348 e. The zero-order valence-electron chi connectivity index (χ0n) is 20.7. The topological polar surface area (TPSA) is 89.2 Å². The summed E-state index contributed by atoms with van der Waals surface area (Å²) in [6, 6.07) is 22.3. The summed E-state index contributed by atoms with van der Waals surface area (Å²) < 4.78 is 13.7. The van der Waals surface area contributed by atoms with Crippen LogP contribution in [0.1, 0.15) is 47.3 Å². The van der Waals surface area contributed by atoms with Crippen LogP contribution in [0.15, 0.2) is 73.1 Å². The number of fused-ring (bicyclic) bond motifs is 1. The molecular weight excluding hydrogens is 464 g/mol. The van der Waals surface area contributed by atoms with E-state index in [1.165, 1.54) is 5.56 Å². The Bertz CT molecular complexity index is 1480. The normalized spacial score (nSPS) is 18.1. The SMILES string of the molecule is Cc1ccc(-n2cc(C(=O)Nc3ccc(C4(C#N)CCC5(CC4)OCCO5)nc3)c3ccccc32)cc1. The molecule has 3 heterocycles. The van der Waals surface area contributed by atoms with Crippen molar-refractivity contribution in [3.63, 3.8) is 0 Å². The van der Waals surface area contributed by atoms with Gasteiger partial charge in [0.15, 0.2) is 5.79 Å². The van der Waals surface area contributed by atoms with Crippen molar-refractivity contribution in [1.82, 2.24) is 9.55 Å². The second-order valence-electron chi connectivity index (χ2n) is 9.95. The van der Waals surface area contributed by atoms with Gasteiger partial charge in [0.25, 0.3) is 5.91 Å². The molecule has 7 heteroatoms. The van der Waals surface area contributed by atoms with Gasteiger partial charge in [0.05, 0.1) is 53.4 Å². The third-order valence-electron chi connectivity index (χ3n) is 7.67. The van der Waals surface area contributed by atoms with Crippen LogP contribution < -0.4 is 5.32 Å². The first-order valence-corrected chi connectivity index (χ1v) is 12.7. The molecule has 7 nitrogen and oxygen atoms in total. The molecule has 1 aliphatic carbocycles. The fourth-order valence-electron chi connectivity index (χ4n) is 5.50. The molecule has 2 aromatic carbocycles. The van der Waals surface area contributed by atoms with Gasteiger partial charge >= 0.3 is 0 Å². The van der Waals surface area contributed by atoms with Gasteiger partial charge in [0, 0.05) is 30.1 Å². The van der Waals surface area contributed by atoms with E-state index in [1.807, 2.05) is 47.2 Å². The molecule has 2 aliphatic rings. The largest absolute Gasteiger partial charge is 0.348 e. The Morgan fingerprint density at radius 1 is 1.00 bits per heavy atom. The lowest BCUT2D eigenvalue weighted by Crippen LogP contribution is -2.41. The maximum absolute atomic E-state index is 13.3. The number of nitrogens with one attached hydrogen (secondary N) is 1. The molecule has 1 spiro atoms. The van der Waals surface area contributed by atoms with E-state index < -0.39 is 11.2 Å². The van der Waals surface area contributed by atoms with E-state index in [2.05, 4.69) is 47.6 Å². The standard InChI is InChI=1S/C30H28N4O3/c1-21-6-9-23(10-7-21)34-19-25(24-4-2-3-5-26(24)34)28(35)33-22-8-11-27(32-18-22)29(20-31)12-14-30(15-13-29)36-16-17-37-30/h2-11,18-19H,12-17H2,1H3,(H,33,35). The number of aryl methyl sites for hydroxylation is 1. The number of rotatable bonds is 4. The van der Waals surface area contributed by atoms with E-state index >= 15 is 0 Å². The molecule has 37 heavy (non-hydrogen) atoms. The highest BCUT2D eigenvalue weighted by molar-refractivity contribution is 6.13. The van der Waals surface area contributed by atoms with Gasteiger partial charge in [-0.1, -0.05) is 35.9 Å². The van der Waals surface area contributed by atoms with Crippen LogP contribution in [0.25, 0.3) is 16.6 Å². The maximum Gasteiger partial charge on any atom is 0.257 e. The van der Waals surface area contributed by atoms with E-state index in [9.17, 15) is 10.1 Å². The van der Waals surface area contributed by atoms with Crippen molar-refractivity contribution in [2.45, 2.75) is 43.8 Å². The van der Waals surface area contributed by atoms with Crippen molar-refractivity contribution in [2.24, 2.45) is 0 Å². The predicted octanol–water partition coefficient (Wildman–Crippen LogP) is 5.66. The molecule has 1 saturated carbocycles. The van der Waals surface area contributed by atoms with Gasteiger partial charge < -0.3 is 19.4 Å². The number of aromatic nitrogens is 2. The summed E-state index contributed by atoms with van der Waals surface area (Å²) in [5, 5.41) is 13.9. The summed E-state index contributed by atoms with van der Waals surface area (Å²) in [5.41, 5.74) is 4.36. The van der Waals surface area contributed by atoms with Crippen LogP contribution in [0, 0.1) is 18.3 Å². The molecule has 6 rings (SSSR count). The first kappa shape index (κ1) is 23.4. The molecule has 186 valence electrons. The van der Waals surface area contributed by atoms with Crippen LogP contribution in [0.2, 0.25) is 0 Å². The van der Waals surface area contributed by atoms with Crippen molar-refractivity contribution in [2.75, 3.05) is 18.5 Å². The average molecular weight is 493 g/mol. The average Bonchev–Trinajstić information content (AvgIpc) is 3.56. The van der Waals surface area contributed by atoms with Crippen molar-refractivity contribution in [3.05, 3.63) is 89.9 Å². The monoisotopic (exact) mass is 492 g/mol. The fraction of sp³-hybridized carbons (Fsp3) is 0.300. The minimum absolute atomic E-state index is 0.207. The number of amides is 1. The highest BCUT2D eigenvalue weighted by Crippen LogP contribution is 2.45. The van der Waals surface area contributed by atoms with Crippen LogP contribution in [-0.2, 0) is 14.9 Å². The Morgan fingerprint density at radius 3 is 2.41 bits per heavy atom. The minimum atomic E-state index is -0.676. The third-order valence-corrected chi connectivity index (χ3v) is 7.67. The van der Waals surface area contributed by atoms with Crippen molar-refractivity contribution in [1.29, 1.82) is 5.26 Å². The number of benzene rings is 2. The van der Waals surface area contributed by atoms with Crippen molar-refractivity contribution in [3.8, 4) is 11.8 Å². The summed E-state index contributed by atoms with van der Waals surface area (Å²) in [6.07, 6.45) is 6.11. The number of pyridine rings is 1. The smallest absolute Gasteiger partial charge is 0.257 e. The molecule has 4 aromatic rings. The number of nitriles is 1. The quantitative estimate of drug-likeness (QED) is 0.397. The maximum atomic E-state index is 13.3. The lowest BCUT2D eigenvalue weighted by molar-refractivity contribution is -0.182. The van der Waals surface area contributed by atoms with Crippen LogP contribution in [0.5, 0.6) is 0 Å². The van der Waals surface area contributed by atoms with E-state index in [-0.39, 0.29) is 5.91 Å². The summed E-state index contributed by atoms with van der Waals surface area (Å²) >= 11 is 0. The Morgan fingerprint density at radius 2 is 1.73 bits per heavy atom. The first-order valence-electron chi connectivity index (χ1n) is 12.7. The second kappa shape index (κ2) is 9.15. The summed E-state index contributed by atoms with van der Waals surface area (Å²) in [6.45, 7) is 3.27. The molecule has 2 aromatic heterocycles. The van der Waals surface area contributed by atoms with Crippen LogP contribution >= 0.6 is 0 Å². The molecule has 0 radical (unpaired) electrons. The number of carbonyl (C=O) groups is 1. The molecule has 1 aliphatic heterocycles. The Balaban J connectivity index is 1.23. The number of hydrogen-bond acceptors (Lipinski definition) is 5. The number of anilines is 1. The number of ether oxygens (including phenoxy) is 2. The Kier molecular flexibility index (Phi) is 5.79. The fourth-order valence-corrected chi connectivity index (χ4v) is 5.50. The van der Waals surface area contributed by atoms with Crippen molar-refractivity contribution < 1.29 is 14.3 Å². The Hall–Kier alpha value is -3.99. The lowest BCUT2D eigenvalue weighted by atomic mass is 9.70. The number of nitrogens with zero attached hydrogens (tertiary/aromatic N) is 3. The lowest BCUT2D eigenvalue weighted by Gasteiger charge is -2.39. The van der Waals surface area contributed by atoms with Crippen LogP contribution in [0.3, 0.4) is 0 Å². The van der Waals surface area contributed by atoms with Gasteiger partial charge in [0.1, 0.15) is 0 Å². The predicted molar refractivity (Wildman–Crippen MR) is 141 cm³/mol. The highest BCUT2D eigenvalue weighted by Gasteiger charge is 2.48. The highest BCUT2D eigenvalue weighted by atomic mass is 16.7. The molecule has 1 saturated heterocycles. The van der Waals surface area contributed by atoms with E-state index in [0.717, 1.165) is 22.3 Å². The van der Waals surface area contributed by atoms with Gasteiger partial charge in [-0.2, -0.15) is 5.26 Å². The number of carbonyl (C=O) groups excluding carboxylic acids is 1. The summed E-state index contributed by atoms with van der Waals surface area (Å²) in [4.78, 5) is 18.0. The van der Waals surface area contributed by atoms with Crippen LogP contribution in [0.4, 0.5) is 5.69 Å².